The standard InChI is InChI=1S/C40H25B3N2/c41-40(42,43)39-44-35-22-8-9-23-36(35)45(39)30-17-11-16-29(25-30)38-33-20-6-4-18-31(33)37(32-19-5-7-21-34(32)38)28-15-10-14-27(24-28)26-12-2-1-3-13-26/h1-25H. The van der Waals surface area contributed by atoms with Gasteiger partial charge in [0.05, 0.1) is 40.4 Å². The van der Waals surface area contributed by atoms with Crippen LogP contribution in [0.25, 0.3) is 71.6 Å². The van der Waals surface area contributed by atoms with Gasteiger partial charge in [-0.05, 0) is 85.3 Å². The summed E-state index contributed by atoms with van der Waals surface area (Å²) in [5.41, 5.74) is 9.59. The fourth-order valence-electron chi connectivity index (χ4n) is 6.61. The fraction of sp³-hybridized carbons (Fsp3) is 0.0250. The highest BCUT2D eigenvalue weighted by molar-refractivity contribution is 6.58. The van der Waals surface area contributed by atoms with Crippen LogP contribution in [0.2, 0.25) is 0 Å². The van der Waals surface area contributed by atoms with Crippen molar-refractivity contribution >= 4 is 56.1 Å². The van der Waals surface area contributed by atoms with E-state index in [4.69, 9.17) is 28.5 Å². The lowest BCUT2D eigenvalue weighted by Crippen LogP contribution is -2.31. The summed E-state index contributed by atoms with van der Waals surface area (Å²) in [5.74, 6) is 0.393. The normalized spacial score (nSPS) is 11.8. The average Bonchev–Trinajstić information content (AvgIpc) is 3.48. The maximum Gasteiger partial charge on any atom is 0.0951 e. The van der Waals surface area contributed by atoms with Gasteiger partial charge in [0.2, 0.25) is 0 Å². The van der Waals surface area contributed by atoms with Crippen molar-refractivity contribution in [2.75, 3.05) is 0 Å². The summed E-state index contributed by atoms with van der Waals surface area (Å²) in [6, 6.07) is 53.0. The third-order valence-electron chi connectivity index (χ3n) is 8.53. The summed E-state index contributed by atoms with van der Waals surface area (Å²) < 4.78 is 1.96. The molecule has 0 bridgehead atoms. The van der Waals surface area contributed by atoms with E-state index < -0.39 is 5.11 Å². The second-order valence-electron chi connectivity index (χ2n) is 11.5. The van der Waals surface area contributed by atoms with Crippen molar-refractivity contribution < 1.29 is 0 Å². The molecular formula is C40H25B3N2. The monoisotopic (exact) mass is 566 g/mol. The van der Waals surface area contributed by atoms with E-state index in [0.717, 1.165) is 27.8 Å². The van der Waals surface area contributed by atoms with Crippen molar-refractivity contribution in [1.29, 1.82) is 0 Å². The first-order valence-corrected chi connectivity index (χ1v) is 15.0. The molecular weight excluding hydrogens is 541 g/mol. The van der Waals surface area contributed by atoms with Gasteiger partial charge in [-0.2, -0.15) is 0 Å². The molecule has 1 aromatic heterocycles. The molecule has 204 valence electrons. The van der Waals surface area contributed by atoms with Crippen LogP contribution < -0.4 is 0 Å². The molecule has 0 aliphatic carbocycles. The number of imidazole rings is 1. The molecule has 0 fully saturated rings. The Kier molecular flexibility index (Phi) is 6.50. The van der Waals surface area contributed by atoms with Crippen LogP contribution in [0.4, 0.5) is 0 Å². The number of para-hydroxylation sites is 2. The van der Waals surface area contributed by atoms with Gasteiger partial charge in [0.15, 0.2) is 0 Å². The topological polar surface area (TPSA) is 17.8 Å². The summed E-state index contributed by atoms with van der Waals surface area (Å²) >= 11 is 0. The first kappa shape index (κ1) is 27.3. The minimum absolute atomic E-state index is 0.393. The molecule has 0 atom stereocenters. The first-order chi connectivity index (χ1) is 22.0. The highest BCUT2D eigenvalue weighted by atomic mass is 15.1. The molecule has 5 heteroatoms. The second kappa shape index (κ2) is 10.7. The molecule has 0 aliphatic rings. The Morgan fingerprint density at radius 1 is 0.444 bits per heavy atom. The lowest BCUT2D eigenvalue weighted by atomic mass is 9.42. The summed E-state index contributed by atoms with van der Waals surface area (Å²) in [4.78, 5) is 4.72. The molecule has 6 radical (unpaired) electrons. The molecule has 0 N–H and O–H groups in total. The van der Waals surface area contributed by atoms with Gasteiger partial charge in [-0.25, -0.2) is 4.98 Å². The van der Waals surface area contributed by atoms with E-state index in [-0.39, 0.29) is 0 Å². The number of rotatable bonds is 5. The summed E-state index contributed by atoms with van der Waals surface area (Å²) in [5, 5.41) is 3.12. The minimum Gasteiger partial charge on any atom is -0.298 e. The van der Waals surface area contributed by atoms with Crippen LogP contribution >= 0.6 is 0 Å². The molecule has 0 saturated carbocycles. The van der Waals surface area contributed by atoms with E-state index in [2.05, 4.69) is 121 Å². The van der Waals surface area contributed by atoms with E-state index >= 15 is 0 Å². The summed E-state index contributed by atoms with van der Waals surface area (Å²) in [6.45, 7) is 0. The Hall–Kier alpha value is -5.28. The SMILES string of the molecule is [B]C([B])([B])c1nc2ccccc2n1-c1cccc(-c2c3ccccc3c(-c3cccc(-c4ccccc4)c3)c3ccccc23)c1. The van der Waals surface area contributed by atoms with Gasteiger partial charge in [-0.15, -0.1) is 0 Å². The predicted molar refractivity (Wildman–Crippen MR) is 191 cm³/mol. The van der Waals surface area contributed by atoms with E-state index in [1.54, 1.807) is 0 Å². The predicted octanol–water partition coefficient (Wildman–Crippen LogP) is 8.95. The molecule has 0 amide bonds. The van der Waals surface area contributed by atoms with Gasteiger partial charge in [-0.1, -0.05) is 126 Å². The van der Waals surface area contributed by atoms with Crippen LogP contribution in [0.3, 0.4) is 0 Å². The Morgan fingerprint density at radius 2 is 0.933 bits per heavy atom. The zero-order valence-electron chi connectivity index (χ0n) is 24.6. The third-order valence-corrected chi connectivity index (χ3v) is 8.53. The summed E-state index contributed by atoms with van der Waals surface area (Å²) in [6.07, 6.45) is 0. The molecule has 0 saturated heterocycles. The highest BCUT2D eigenvalue weighted by Gasteiger charge is 2.23. The molecule has 0 unspecified atom stereocenters. The zero-order chi connectivity index (χ0) is 30.5. The van der Waals surface area contributed by atoms with Crippen LogP contribution in [0, 0.1) is 0 Å². The van der Waals surface area contributed by atoms with Crippen LogP contribution in [0.5, 0.6) is 0 Å². The van der Waals surface area contributed by atoms with Gasteiger partial charge < -0.3 is 0 Å². The maximum atomic E-state index is 6.25. The quantitative estimate of drug-likeness (QED) is 0.150. The zero-order valence-corrected chi connectivity index (χ0v) is 24.6. The molecule has 0 aliphatic heterocycles. The van der Waals surface area contributed by atoms with Crippen molar-refractivity contribution in [2.24, 2.45) is 0 Å². The third kappa shape index (κ3) is 4.67. The van der Waals surface area contributed by atoms with E-state index in [1.165, 1.54) is 43.8 Å². The van der Waals surface area contributed by atoms with Gasteiger partial charge in [0, 0.05) is 5.69 Å². The van der Waals surface area contributed by atoms with Gasteiger partial charge in [0.1, 0.15) is 0 Å². The fourth-order valence-corrected chi connectivity index (χ4v) is 6.61. The Bertz CT molecular complexity index is 2310. The number of fused-ring (bicyclic) bond motifs is 3. The highest BCUT2D eigenvalue weighted by Crippen LogP contribution is 2.44. The lowest BCUT2D eigenvalue weighted by Gasteiger charge is -2.22. The Morgan fingerprint density at radius 3 is 1.56 bits per heavy atom. The van der Waals surface area contributed by atoms with Crippen LogP contribution in [-0.4, -0.2) is 33.1 Å². The molecule has 8 aromatic rings. The Labute approximate surface area is 266 Å². The number of aromatic nitrogens is 2. The molecule has 8 rings (SSSR count). The summed E-state index contributed by atoms with van der Waals surface area (Å²) in [7, 11) is 18.7. The van der Waals surface area contributed by atoms with Crippen molar-refractivity contribution in [3.05, 3.63) is 157 Å². The molecule has 7 aromatic carbocycles. The molecule has 1 heterocycles. The van der Waals surface area contributed by atoms with Crippen molar-refractivity contribution in [3.63, 3.8) is 0 Å². The smallest absolute Gasteiger partial charge is 0.0951 e. The Balaban J connectivity index is 1.39. The van der Waals surface area contributed by atoms with Gasteiger partial charge in [0.25, 0.3) is 0 Å². The molecule has 45 heavy (non-hydrogen) atoms. The molecule has 0 spiro atoms. The number of benzene rings is 7. The lowest BCUT2D eigenvalue weighted by molar-refractivity contribution is 0.930. The van der Waals surface area contributed by atoms with Gasteiger partial charge in [-0.3, -0.25) is 4.57 Å². The van der Waals surface area contributed by atoms with E-state index in [9.17, 15) is 0 Å². The van der Waals surface area contributed by atoms with Crippen LogP contribution in [0.15, 0.2) is 152 Å². The number of hydrogen-bond donors (Lipinski definition) is 0. The van der Waals surface area contributed by atoms with E-state index in [0.29, 0.717) is 5.82 Å². The minimum atomic E-state index is -1.62. The second-order valence-corrected chi connectivity index (χ2v) is 11.5. The van der Waals surface area contributed by atoms with Crippen molar-refractivity contribution in [1.82, 2.24) is 9.55 Å². The van der Waals surface area contributed by atoms with Crippen molar-refractivity contribution in [2.45, 2.75) is 5.11 Å². The van der Waals surface area contributed by atoms with Crippen LogP contribution in [-0.2, 0) is 5.11 Å². The largest absolute Gasteiger partial charge is 0.298 e. The van der Waals surface area contributed by atoms with Crippen LogP contribution in [0.1, 0.15) is 5.82 Å². The maximum absolute atomic E-state index is 6.25. The average molecular weight is 566 g/mol. The molecule has 2 nitrogen and oxygen atoms in total. The van der Waals surface area contributed by atoms with Crippen molar-refractivity contribution in [3.8, 4) is 39.1 Å². The van der Waals surface area contributed by atoms with Gasteiger partial charge >= 0.3 is 0 Å². The first-order valence-electron chi connectivity index (χ1n) is 15.0. The number of hydrogen-bond acceptors (Lipinski definition) is 1. The van der Waals surface area contributed by atoms with E-state index in [1.807, 2.05) is 34.9 Å². The number of nitrogens with zero attached hydrogens (tertiary/aromatic N) is 2.